The van der Waals surface area contributed by atoms with Gasteiger partial charge in [-0.25, -0.2) is 0 Å². The Morgan fingerprint density at radius 1 is 1.37 bits per heavy atom. The molecule has 3 nitrogen and oxygen atoms in total. The molecule has 1 saturated heterocycles. The predicted octanol–water partition coefficient (Wildman–Crippen LogP) is 2.68. The molecule has 19 heavy (non-hydrogen) atoms. The van der Waals surface area contributed by atoms with Gasteiger partial charge in [0.1, 0.15) is 0 Å². The summed E-state index contributed by atoms with van der Waals surface area (Å²) in [5.74, 6) is 0. The van der Waals surface area contributed by atoms with Crippen molar-refractivity contribution in [3.63, 3.8) is 0 Å². The molecule has 2 heterocycles. The maximum Gasteiger partial charge on any atom is 0.0544 e. The van der Waals surface area contributed by atoms with Gasteiger partial charge in [0.05, 0.1) is 5.69 Å². The molecule has 0 radical (unpaired) electrons. The van der Waals surface area contributed by atoms with Crippen LogP contribution < -0.4 is 5.32 Å². The Balaban J connectivity index is 2.16. The molecule has 1 aliphatic rings. The molecule has 1 N–H and O–H groups in total. The van der Waals surface area contributed by atoms with Crippen LogP contribution >= 0.6 is 0 Å². The standard InChI is InChI=1S/C16H27N3/c1-15(2,3)14-10-18-16(4,5)12-19(14)11-13-8-6-7-9-17-13/h6-9,14,18H,10-12H2,1-5H3. The smallest absolute Gasteiger partial charge is 0.0544 e. The first-order chi connectivity index (χ1) is 8.78. The molecule has 1 unspecified atom stereocenters. The number of pyridine rings is 1. The van der Waals surface area contributed by atoms with E-state index in [1.54, 1.807) is 0 Å². The van der Waals surface area contributed by atoms with Gasteiger partial charge in [-0.05, 0) is 31.4 Å². The molecule has 2 rings (SSSR count). The van der Waals surface area contributed by atoms with E-state index < -0.39 is 0 Å². The number of aromatic nitrogens is 1. The van der Waals surface area contributed by atoms with E-state index in [0.717, 1.165) is 25.3 Å². The second-order valence-electron chi connectivity index (χ2n) is 7.37. The average molecular weight is 261 g/mol. The third-order valence-electron chi connectivity index (χ3n) is 3.90. The van der Waals surface area contributed by atoms with Gasteiger partial charge in [-0.1, -0.05) is 26.8 Å². The number of hydrogen-bond donors (Lipinski definition) is 1. The maximum atomic E-state index is 4.48. The van der Waals surface area contributed by atoms with Crippen LogP contribution in [0.2, 0.25) is 0 Å². The molecule has 0 amide bonds. The van der Waals surface area contributed by atoms with Gasteiger partial charge in [-0.2, -0.15) is 0 Å². The summed E-state index contributed by atoms with van der Waals surface area (Å²) in [7, 11) is 0. The summed E-state index contributed by atoms with van der Waals surface area (Å²) in [6, 6.07) is 6.71. The second kappa shape index (κ2) is 5.22. The normalized spacial score (nSPS) is 24.4. The highest BCUT2D eigenvalue weighted by Gasteiger charge is 2.38. The lowest BCUT2D eigenvalue weighted by molar-refractivity contribution is 0.0263. The van der Waals surface area contributed by atoms with E-state index in [1.807, 2.05) is 12.3 Å². The van der Waals surface area contributed by atoms with Crippen molar-refractivity contribution >= 4 is 0 Å². The Bertz CT molecular complexity index is 406. The van der Waals surface area contributed by atoms with Crippen LogP contribution in [-0.2, 0) is 6.54 Å². The first kappa shape index (κ1) is 14.5. The molecule has 0 aromatic carbocycles. The zero-order chi connectivity index (χ0) is 14.1. The van der Waals surface area contributed by atoms with Crippen LogP contribution in [0, 0.1) is 5.41 Å². The zero-order valence-corrected chi connectivity index (χ0v) is 12.9. The molecule has 106 valence electrons. The highest BCUT2D eigenvalue weighted by molar-refractivity contribution is 5.06. The summed E-state index contributed by atoms with van der Waals surface area (Å²) in [6.45, 7) is 14.6. The molecular formula is C16H27N3. The van der Waals surface area contributed by atoms with Crippen molar-refractivity contribution in [2.75, 3.05) is 13.1 Å². The minimum atomic E-state index is 0.177. The van der Waals surface area contributed by atoms with Crippen molar-refractivity contribution in [3.8, 4) is 0 Å². The molecule has 0 spiro atoms. The van der Waals surface area contributed by atoms with Crippen molar-refractivity contribution in [1.82, 2.24) is 15.2 Å². The highest BCUT2D eigenvalue weighted by Crippen LogP contribution is 2.29. The fourth-order valence-electron chi connectivity index (χ4n) is 2.90. The van der Waals surface area contributed by atoms with Gasteiger partial charge >= 0.3 is 0 Å². The average Bonchev–Trinajstić information content (AvgIpc) is 2.27. The summed E-state index contributed by atoms with van der Waals surface area (Å²) >= 11 is 0. The lowest BCUT2D eigenvalue weighted by atomic mass is 9.82. The van der Waals surface area contributed by atoms with Crippen LogP contribution in [0.5, 0.6) is 0 Å². The van der Waals surface area contributed by atoms with Gasteiger partial charge < -0.3 is 5.32 Å². The summed E-state index contributed by atoms with van der Waals surface area (Å²) in [4.78, 5) is 7.06. The van der Waals surface area contributed by atoms with Crippen LogP contribution in [0.3, 0.4) is 0 Å². The number of nitrogens with zero attached hydrogens (tertiary/aromatic N) is 2. The van der Waals surface area contributed by atoms with Crippen molar-refractivity contribution in [2.45, 2.75) is 52.7 Å². The van der Waals surface area contributed by atoms with E-state index in [2.05, 4.69) is 62.0 Å². The number of piperazine rings is 1. The summed E-state index contributed by atoms with van der Waals surface area (Å²) in [5.41, 5.74) is 1.61. The minimum Gasteiger partial charge on any atom is -0.309 e. The lowest BCUT2D eigenvalue weighted by Crippen LogP contribution is -2.64. The summed E-state index contributed by atoms with van der Waals surface area (Å²) in [5, 5.41) is 3.67. The minimum absolute atomic E-state index is 0.177. The van der Waals surface area contributed by atoms with E-state index in [-0.39, 0.29) is 11.0 Å². The molecule has 1 atom stereocenters. The second-order valence-corrected chi connectivity index (χ2v) is 7.37. The summed E-state index contributed by atoms with van der Waals surface area (Å²) in [6.07, 6.45) is 1.88. The molecule has 0 bridgehead atoms. The molecule has 1 aliphatic heterocycles. The maximum absolute atomic E-state index is 4.48. The first-order valence-corrected chi connectivity index (χ1v) is 7.17. The molecule has 0 saturated carbocycles. The van der Waals surface area contributed by atoms with E-state index in [4.69, 9.17) is 0 Å². The van der Waals surface area contributed by atoms with Crippen molar-refractivity contribution in [3.05, 3.63) is 30.1 Å². The molecule has 0 aliphatic carbocycles. The van der Waals surface area contributed by atoms with E-state index >= 15 is 0 Å². The predicted molar refractivity (Wildman–Crippen MR) is 80.0 cm³/mol. The van der Waals surface area contributed by atoms with E-state index in [0.29, 0.717) is 6.04 Å². The zero-order valence-electron chi connectivity index (χ0n) is 12.9. The van der Waals surface area contributed by atoms with Gasteiger partial charge in [0.25, 0.3) is 0 Å². The van der Waals surface area contributed by atoms with E-state index in [9.17, 15) is 0 Å². The third-order valence-corrected chi connectivity index (χ3v) is 3.90. The van der Waals surface area contributed by atoms with Gasteiger partial charge in [-0.15, -0.1) is 0 Å². The quantitative estimate of drug-likeness (QED) is 0.887. The van der Waals surface area contributed by atoms with E-state index in [1.165, 1.54) is 0 Å². The molecule has 1 aromatic heterocycles. The SMILES string of the molecule is CC1(C)CN(Cc2ccccn2)C(C(C)(C)C)CN1. The Labute approximate surface area is 117 Å². The number of hydrogen-bond acceptors (Lipinski definition) is 3. The Morgan fingerprint density at radius 2 is 2.11 bits per heavy atom. The van der Waals surface area contributed by atoms with Crippen molar-refractivity contribution in [1.29, 1.82) is 0 Å². The summed E-state index contributed by atoms with van der Waals surface area (Å²) < 4.78 is 0. The van der Waals surface area contributed by atoms with Crippen LogP contribution in [0.1, 0.15) is 40.3 Å². The van der Waals surface area contributed by atoms with Gasteiger partial charge in [-0.3, -0.25) is 9.88 Å². The van der Waals surface area contributed by atoms with Crippen molar-refractivity contribution < 1.29 is 0 Å². The number of nitrogens with one attached hydrogen (secondary N) is 1. The Morgan fingerprint density at radius 3 is 2.68 bits per heavy atom. The van der Waals surface area contributed by atoms with Crippen LogP contribution in [-0.4, -0.2) is 34.6 Å². The van der Waals surface area contributed by atoms with Gasteiger partial charge in [0, 0.05) is 37.4 Å². The fraction of sp³-hybridized carbons (Fsp3) is 0.688. The Hall–Kier alpha value is -0.930. The van der Waals surface area contributed by atoms with Crippen LogP contribution in [0.25, 0.3) is 0 Å². The first-order valence-electron chi connectivity index (χ1n) is 7.17. The number of rotatable bonds is 2. The molecule has 3 heteroatoms. The largest absolute Gasteiger partial charge is 0.309 e. The molecule has 1 fully saturated rings. The fourth-order valence-corrected chi connectivity index (χ4v) is 2.90. The third kappa shape index (κ3) is 3.77. The lowest BCUT2D eigenvalue weighted by Gasteiger charge is -2.49. The monoisotopic (exact) mass is 261 g/mol. The van der Waals surface area contributed by atoms with Gasteiger partial charge in [0.15, 0.2) is 0 Å². The van der Waals surface area contributed by atoms with Crippen molar-refractivity contribution in [2.24, 2.45) is 5.41 Å². The van der Waals surface area contributed by atoms with Crippen LogP contribution in [0.4, 0.5) is 0 Å². The highest BCUT2D eigenvalue weighted by atomic mass is 15.3. The molecular weight excluding hydrogens is 234 g/mol. The molecule has 1 aromatic rings. The topological polar surface area (TPSA) is 28.2 Å². The van der Waals surface area contributed by atoms with Crippen LogP contribution in [0.15, 0.2) is 24.4 Å². The van der Waals surface area contributed by atoms with Gasteiger partial charge in [0.2, 0.25) is 0 Å². The Kier molecular flexibility index (Phi) is 3.98.